The lowest BCUT2D eigenvalue weighted by molar-refractivity contribution is -0.154. The molecule has 1 aliphatic carbocycles. The van der Waals surface area contributed by atoms with Crippen LogP contribution in [0.3, 0.4) is 0 Å². The van der Waals surface area contributed by atoms with Crippen molar-refractivity contribution in [3.63, 3.8) is 0 Å². The van der Waals surface area contributed by atoms with Crippen molar-refractivity contribution in [2.24, 2.45) is 28.6 Å². The van der Waals surface area contributed by atoms with Crippen LogP contribution in [0.4, 0.5) is 0 Å². The average Bonchev–Trinajstić information content (AvgIpc) is 2.17. The molecule has 0 aromatic carbocycles. The van der Waals surface area contributed by atoms with Crippen LogP contribution in [-0.2, 0) is 9.53 Å². The maximum absolute atomic E-state index is 10.9. The van der Waals surface area contributed by atoms with Crippen molar-refractivity contribution < 1.29 is 9.53 Å². The fourth-order valence-electron chi connectivity index (χ4n) is 3.46. The fraction of sp³-hybridized carbons (Fsp3) is 0.938. The lowest BCUT2D eigenvalue weighted by atomic mass is 9.59. The van der Waals surface area contributed by atoms with Crippen molar-refractivity contribution in [1.29, 1.82) is 0 Å². The van der Waals surface area contributed by atoms with E-state index in [4.69, 9.17) is 4.74 Å². The van der Waals surface area contributed by atoms with Crippen LogP contribution in [0.25, 0.3) is 0 Å². The van der Waals surface area contributed by atoms with Gasteiger partial charge in [0.05, 0.1) is 0 Å². The fourth-order valence-corrected chi connectivity index (χ4v) is 3.46. The van der Waals surface area contributed by atoms with E-state index in [-0.39, 0.29) is 16.9 Å². The van der Waals surface area contributed by atoms with Crippen molar-refractivity contribution >= 4 is 6.47 Å². The highest BCUT2D eigenvalue weighted by molar-refractivity contribution is 5.37. The van der Waals surface area contributed by atoms with Crippen LogP contribution in [0.1, 0.15) is 61.3 Å². The first kappa shape index (κ1) is 15.5. The van der Waals surface area contributed by atoms with Crippen molar-refractivity contribution in [3.8, 4) is 0 Å². The van der Waals surface area contributed by atoms with E-state index in [1.54, 1.807) is 0 Å². The minimum atomic E-state index is 0.0682. The Bertz CT molecular complexity index is 258. The SMILES string of the molecule is CC1CC(C(C)(C)C)C(OC=O)C(C(C)(C)C)C1. The minimum Gasteiger partial charge on any atom is -0.464 e. The van der Waals surface area contributed by atoms with Crippen molar-refractivity contribution in [1.82, 2.24) is 0 Å². The van der Waals surface area contributed by atoms with Crippen molar-refractivity contribution in [3.05, 3.63) is 0 Å². The molecule has 2 heteroatoms. The summed E-state index contributed by atoms with van der Waals surface area (Å²) >= 11 is 0. The van der Waals surface area contributed by atoms with Crippen LogP contribution in [0.2, 0.25) is 0 Å². The second kappa shape index (κ2) is 5.22. The van der Waals surface area contributed by atoms with Crippen LogP contribution in [0.5, 0.6) is 0 Å². The van der Waals surface area contributed by atoms with Gasteiger partial charge >= 0.3 is 0 Å². The van der Waals surface area contributed by atoms with E-state index in [0.717, 1.165) is 12.8 Å². The summed E-state index contributed by atoms with van der Waals surface area (Å²) in [5.41, 5.74) is 0.373. The molecule has 1 fully saturated rings. The average molecular weight is 254 g/mol. The molecular formula is C16H30O2. The van der Waals surface area contributed by atoms with E-state index in [1.165, 1.54) is 0 Å². The van der Waals surface area contributed by atoms with E-state index in [9.17, 15) is 4.79 Å². The maximum atomic E-state index is 10.9. The normalized spacial score (nSPS) is 34.2. The Kier molecular flexibility index (Phi) is 4.51. The van der Waals surface area contributed by atoms with Crippen molar-refractivity contribution in [2.75, 3.05) is 0 Å². The highest BCUT2D eigenvalue weighted by atomic mass is 16.5. The first-order valence-corrected chi connectivity index (χ1v) is 7.16. The van der Waals surface area contributed by atoms with Crippen LogP contribution in [-0.4, -0.2) is 12.6 Å². The molecule has 0 bridgehead atoms. The Balaban J connectivity index is 3.05. The van der Waals surface area contributed by atoms with Gasteiger partial charge in [0.25, 0.3) is 6.47 Å². The third kappa shape index (κ3) is 3.49. The van der Waals surface area contributed by atoms with Gasteiger partial charge in [-0.15, -0.1) is 0 Å². The lowest BCUT2D eigenvalue weighted by Gasteiger charge is -2.49. The second-order valence-corrected chi connectivity index (χ2v) is 8.22. The van der Waals surface area contributed by atoms with Crippen molar-refractivity contribution in [2.45, 2.75) is 67.4 Å². The highest BCUT2D eigenvalue weighted by Gasteiger charge is 2.47. The van der Waals surface area contributed by atoms with E-state index in [0.29, 0.717) is 24.2 Å². The first-order chi connectivity index (χ1) is 8.07. The quantitative estimate of drug-likeness (QED) is 0.687. The Morgan fingerprint density at radius 1 is 0.944 bits per heavy atom. The Hall–Kier alpha value is -0.530. The molecule has 2 nitrogen and oxygen atoms in total. The Morgan fingerprint density at radius 3 is 1.61 bits per heavy atom. The van der Waals surface area contributed by atoms with Crippen LogP contribution < -0.4 is 0 Å². The molecule has 0 amide bonds. The molecule has 1 rings (SSSR count). The molecule has 0 spiro atoms. The second-order valence-electron chi connectivity index (χ2n) is 8.22. The predicted octanol–water partition coefficient (Wildman–Crippen LogP) is 4.28. The highest BCUT2D eigenvalue weighted by Crippen LogP contribution is 2.49. The zero-order valence-electron chi connectivity index (χ0n) is 13.1. The van der Waals surface area contributed by atoms with E-state index < -0.39 is 0 Å². The third-order valence-electron chi connectivity index (χ3n) is 4.54. The number of rotatable bonds is 2. The topological polar surface area (TPSA) is 26.3 Å². The van der Waals surface area contributed by atoms with Gasteiger partial charge in [0, 0.05) is 11.8 Å². The van der Waals surface area contributed by atoms with Gasteiger partial charge in [0.2, 0.25) is 0 Å². The van der Waals surface area contributed by atoms with Gasteiger partial charge in [-0.1, -0.05) is 48.5 Å². The maximum Gasteiger partial charge on any atom is 0.293 e. The number of carbonyl (C=O) groups is 1. The molecule has 0 radical (unpaired) electrons. The monoisotopic (exact) mass is 254 g/mol. The molecule has 0 aromatic rings. The summed E-state index contributed by atoms with van der Waals surface area (Å²) in [5.74, 6) is 1.62. The largest absolute Gasteiger partial charge is 0.464 e. The van der Waals surface area contributed by atoms with Gasteiger partial charge < -0.3 is 4.74 Å². The summed E-state index contributed by atoms with van der Waals surface area (Å²) in [4.78, 5) is 10.9. The van der Waals surface area contributed by atoms with Gasteiger partial charge in [-0.05, 0) is 29.6 Å². The molecule has 0 aliphatic heterocycles. The lowest BCUT2D eigenvalue weighted by Crippen LogP contribution is -2.48. The molecular weight excluding hydrogens is 224 g/mol. The number of hydrogen-bond donors (Lipinski definition) is 0. The van der Waals surface area contributed by atoms with E-state index in [2.05, 4.69) is 48.5 Å². The Labute approximate surface area is 112 Å². The smallest absolute Gasteiger partial charge is 0.293 e. The van der Waals surface area contributed by atoms with E-state index in [1.807, 2.05) is 0 Å². The molecule has 0 aromatic heterocycles. The standard InChI is InChI=1S/C16H30O2/c1-11-8-12(15(2,3)4)14(18-10-17)13(9-11)16(5,6)7/h10-14H,8-9H2,1-7H3. The molecule has 0 heterocycles. The zero-order valence-corrected chi connectivity index (χ0v) is 13.1. The third-order valence-corrected chi connectivity index (χ3v) is 4.54. The zero-order chi connectivity index (χ0) is 14.1. The summed E-state index contributed by atoms with van der Waals surface area (Å²) in [5, 5.41) is 0. The summed E-state index contributed by atoms with van der Waals surface area (Å²) in [6.07, 6.45) is 2.39. The molecule has 106 valence electrons. The summed E-state index contributed by atoms with van der Waals surface area (Å²) < 4.78 is 5.53. The van der Waals surface area contributed by atoms with Gasteiger partial charge in [-0.3, -0.25) is 4.79 Å². The molecule has 18 heavy (non-hydrogen) atoms. The number of hydrogen-bond acceptors (Lipinski definition) is 2. The van der Waals surface area contributed by atoms with Gasteiger partial charge in [-0.2, -0.15) is 0 Å². The van der Waals surface area contributed by atoms with Crippen LogP contribution in [0, 0.1) is 28.6 Å². The molecule has 2 atom stereocenters. The van der Waals surface area contributed by atoms with Gasteiger partial charge in [0.1, 0.15) is 6.10 Å². The molecule has 2 unspecified atom stereocenters. The first-order valence-electron chi connectivity index (χ1n) is 7.16. The number of ether oxygens (including phenoxy) is 1. The summed E-state index contributed by atoms with van der Waals surface area (Å²) in [6.45, 7) is 16.5. The Morgan fingerprint density at radius 2 is 1.33 bits per heavy atom. The van der Waals surface area contributed by atoms with Gasteiger partial charge in [0.15, 0.2) is 0 Å². The predicted molar refractivity (Wildman–Crippen MR) is 75.2 cm³/mol. The van der Waals surface area contributed by atoms with E-state index >= 15 is 0 Å². The number of carbonyl (C=O) groups excluding carboxylic acids is 1. The molecule has 1 saturated carbocycles. The molecule has 0 saturated heterocycles. The summed E-state index contributed by atoms with van der Waals surface area (Å²) in [7, 11) is 0. The summed E-state index contributed by atoms with van der Waals surface area (Å²) in [6, 6.07) is 0. The van der Waals surface area contributed by atoms with Gasteiger partial charge in [-0.25, -0.2) is 0 Å². The molecule has 0 N–H and O–H groups in total. The van der Waals surface area contributed by atoms with Crippen LogP contribution in [0.15, 0.2) is 0 Å². The minimum absolute atomic E-state index is 0.0682. The van der Waals surface area contributed by atoms with Crippen LogP contribution >= 0.6 is 0 Å². The molecule has 1 aliphatic rings.